The van der Waals surface area contributed by atoms with E-state index in [0.717, 1.165) is 18.1 Å². The number of rotatable bonds is 5. The molecule has 0 spiro atoms. The summed E-state index contributed by atoms with van der Waals surface area (Å²) in [4.78, 5) is 0. The molecule has 1 saturated carbocycles. The summed E-state index contributed by atoms with van der Waals surface area (Å²) in [5, 5.41) is 4.06. The molecule has 0 aromatic heterocycles. The van der Waals surface area contributed by atoms with E-state index in [1.54, 1.807) is 0 Å². The topological polar surface area (TPSA) is 38.3 Å². The van der Waals surface area contributed by atoms with E-state index in [4.69, 9.17) is 4.52 Å². The van der Waals surface area contributed by atoms with Gasteiger partial charge in [0.05, 0.1) is 11.9 Å². The average molecular weight is 267 g/mol. The van der Waals surface area contributed by atoms with E-state index in [1.165, 1.54) is 19.3 Å². The van der Waals surface area contributed by atoms with Crippen molar-refractivity contribution in [3.8, 4) is 0 Å². The van der Waals surface area contributed by atoms with Crippen LogP contribution in [0.5, 0.6) is 0 Å². The maximum atomic E-state index is 12.9. The molecule has 0 amide bonds. The Labute approximate surface area is 109 Å². The zero-order valence-corrected chi connectivity index (χ0v) is 11.9. The Morgan fingerprint density at radius 3 is 2.50 bits per heavy atom. The number of benzene rings is 1. The summed E-state index contributed by atoms with van der Waals surface area (Å²) in [6, 6.07) is 9.84. The molecule has 1 aromatic rings. The number of hydrogen-bond acceptors (Lipinski definition) is 2. The van der Waals surface area contributed by atoms with Gasteiger partial charge < -0.3 is 4.52 Å². The fraction of sp³-hybridized carbons (Fsp3) is 0.571. The maximum absolute atomic E-state index is 12.9. The van der Waals surface area contributed by atoms with Gasteiger partial charge in [-0.2, -0.15) is 0 Å². The lowest BCUT2D eigenvalue weighted by molar-refractivity contribution is 0.316. The van der Waals surface area contributed by atoms with Crippen LogP contribution in [-0.2, 0) is 9.09 Å². The zero-order valence-electron chi connectivity index (χ0n) is 11.0. The quantitative estimate of drug-likeness (QED) is 0.830. The van der Waals surface area contributed by atoms with Crippen molar-refractivity contribution in [3.05, 3.63) is 30.3 Å². The van der Waals surface area contributed by atoms with Crippen LogP contribution < -0.4 is 10.4 Å². The van der Waals surface area contributed by atoms with E-state index in [2.05, 4.69) is 5.09 Å². The normalized spacial score (nSPS) is 20.5. The predicted octanol–water partition coefficient (Wildman–Crippen LogP) is 3.46. The fourth-order valence-electron chi connectivity index (χ4n) is 2.46. The van der Waals surface area contributed by atoms with E-state index in [9.17, 15) is 4.57 Å². The Morgan fingerprint density at radius 1 is 1.22 bits per heavy atom. The Hall–Kier alpha value is -0.630. The summed E-state index contributed by atoms with van der Waals surface area (Å²) in [7, 11) is -2.89. The van der Waals surface area contributed by atoms with Crippen molar-refractivity contribution in [2.45, 2.75) is 45.1 Å². The Bertz CT molecular complexity index is 402. The van der Waals surface area contributed by atoms with E-state index in [1.807, 2.05) is 37.3 Å². The summed E-state index contributed by atoms with van der Waals surface area (Å²) in [5.74, 6) is 0. The SMILES string of the molecule is CCOP(=O)(NC1CCCCC1)c1ccccc1. The third-order valence-electron chi connectivity index (χ3n) is 3.36. The summed E-state index contributed by atoms with van der Waals surface area (Å²) in [6.07, 6.45) is 5.94. The fourth-order valence-corrected chi connectivity index (χ4v) is 4.50. The summed E-state index contributed by atoms with van der Waals surface area (Å²) in [6.45, 7) is 2.35. The molecular formula is C14H22NO2P. The van der Waals surface area contributed by atoms with Gasteiger partial charge in [-0.3, -0.25) is 4.57 Å². The molecule has 1 aliphatic rings. The van der Waals surface area contributed by atoms with Gasteiger partial charge in [-0.15, -0.1) is 0 Å². The van der Waals surface area contributed by atoms with Crippen molar-refractivity contribution >= 4 is 12.8 Å². The second-order valence-corrected chi connectivity index (χ2v) is 6.90. The van der Waals surface area contributed by atoms with Gasteiger partial charge in [0.1, 0.15) is 0 Å². The first-order chi connectivity index (χ1) is 8.74. The molecule has 1 fully saturated rings. The highest BCUT2D eigenvalue weighted by Crippen LogP contribution is 2.43. The smallest absolute Gasteiger partial charge is 0.299 e. The molecule has 0 heterocycles. The zero-order chi connectivity index (χ0) is 12.8. The average Bonchev–Trinajstić information content (AvgIpc) is 2.41. The minimum atomic E-state index is -2.89. The molecule has 100 valence electrons. The Morgan fingerprint density at radius 2 is 1.89 bits per heavy atom. The summed E-state index contributed by atoms with van der Waals surface area (Å²) >= 11 is 0. The standard InChI is InChI=1S/C14H22NO2P/c1-2-17-18(16,14-11-7-4-8-12-14)15-13-9-5-3-6-10-13/h4,7-8,11-13H,2-3,5-6,9-10H2,1H3,(H,15,16). The van der Waals surface area contributed by atoms with Crippen molar-refractivity contribution in [2.24, 2.45) is 0 Å². The third-order valence-corrected chi connectivity index (χ3v) is 5.67. The first kappa shape index (κ1) is 13.8. The molecule has 1 N–H and O–H groups in total. The summed E-state index contributed by atoms with van der Waals surface area (Å²) < 4.78 is 18.5. The van der Waals surface area contributed by atoms with Crippen LogP contribution in [0.3, 0.4) is 0 Å². The van der Waals surface area contributed by atoms with E-state index in [-0.39, 0.29) is 0 Å². The molecular weight excluding hydrogens is 245 g/mol. The highest BCUT2D eigenvalue weighted by molar-refractivity contribution is 7.65. The third kappa shape index (κ3) is 3.44. The molecule has 1 unspecified atom stereocenters. The summed E-state index contributed by atoms with van der Waals surface area (Å²) in [5.41, 5.74) is 0. The molecule has 0 radical (unpaired) electrons. The number of nitrogens with one attached hydrogen (secondary N) is 1. The van der Waals surface area contributed by atoms with Crippen molar-refractivity contribution < 1.29 is 9.09 Å². The molecule has 1 aliphatic carbocycles. The van der Waals surface area contributed by atoms with Gasteiger partial charge in [-0.25, -0.2) is 5.09 Å². The van der Waals surface area contributed by atoms with Gasteiger partial charge >= 0.3 is 0 Å². The van der Waals surface area contributed by atoms with Gasteiger partial charge in [0.15, 0.2) is 0 Å². The monoisotopic (exact) mass is 267 g/mol. The largest absolute Gasteiger partial charge is 0.315 e. The molecule has 18 heavy (non-hydrogen) atoms. The van der Waals surface area contributed by atoms with Gasteiger partial charge in [0.2, 0.25) is 0 Å². The van der Waals surface area contributed by atoms with Crippen LogP contribution in [0.1, 0.15) is 39.0 Å². The van der Waals surface area contributed by atoms with Crippen molar-refractivity contribution in [1.82, 2.24) is 5.09 Å². The van der Waals surface area contributed by atoms with Crippen LogP contribution in [0.2, 0.25) is 0 Å². The van der Waals surface area contributed by atoms with E-state index < -0.39 is 7.52 Å². The molecule has 0 aliphatic heterocycles. The predicted molar refractivity (Wildman–Crippen MR) is 75.3 cm³/mol. The van der Waals surface area contributed by atoms with Crippen molar-refractivity contribution in [2.75, 3.05) is 6.61 Å². The Balaban J connectivity index is 2.13. The lowest BCUT2D eigenvalue weighted by atomic mass is 9.96. The van der Waals surface area contributed by atoms with Crippen molar-refractivity contribution in [3.63, 3.8) is 0 Å². The first-order valence-corrected chi connectivity index (χ1v) is 8.45. The van der Waals surface area contributed by atoms with Crippen LogP contribution in [0.4, 0.5) is 0 Å². The maximum Gasteiger partial charge on any atom is 0.299 e. The van der Waals surface area contributed by atoms with Crippen LogP contribution in [0.15, 0.2) is 30.3 Å². The number of hydrogen-bond donors (Lipinski definition) is 1. The van der Waals surface area contributed by atoms with Crippen LogP contribution in [-0.4, -0.2) is 12.6 Å². The van der Waals surface area contributed by atoms with Crippen LogP contribution >= 0.6 is 7.52 Å². The highest BCUT2D eigenvalue weighted by Gasteiger charge is 2.29. The second-order valence-electron chi connectivity index (χ2n) is 4.77. The molecule has 2 rings (SSSR count). The van der Waals surface area contributed by atoms with Gasteiger partial charge in [0, 0.05) is 6.04 Å². The molecule has 0 saturated heterocycles. The highest BCUT2D eigenvalue weighted by atomic mass is 31.2. The minimum Gasteiger partial charge on any atom is -0.315 e. The van der Waals surface area contributed by atoms with Crippen LogP contribution in [0, 0.1) is 0 Å². The minimum absolute atomic E-state index is 0.330. The van der Waals surface area contributed by atoms with Crippen molar-refractivity contribution in [1.29, 1.82) is 0 Å². The lowest BCUT2D eigenvalue weighted by Crippen LogP contribution is -2.33. The molecule has 1 atom stereocenters. The first-order valence-electron chi connectivity index (χ1n) is 6.82. The lowest BCUT2D eigenvalue weighted by Gasteiger charge is -2.28. The van der Waals surface area contributed by atoms with Gasteiger partial charge in [-0.1, -0.05) is 37.5 Å². The van der Waals surface area contributed by atoms with Gasteiger partial charge in [-0.05, 0) is 31.9 Å². The Kier molecular flexibility index (Phi) is 4.99. The molecule has 1 aromatic carbocycles. The second kappa shape index (κ2) is 6.51. The van der Waals surface area contributed by atoms with Crippen LogP contribution in [0.25, 0.3) is 0 Å². The van der Waals surface area contributed by atoms with E-state index >= 15 is 0 Å². The van der Waals surface area contributed by atoms with E-state index in [0.29, 0.717) is 12.6 Å². The molecule has 4 heteroatoms. The molecule has 0 bridgehead atoms. The molecule has 3 nitrogen and oxygen atoms in total. The van der Waals surface area contributed by atoms with Gasteiger partial charge in [0.25, 0.3) is 7.52 Å².